The summed E-state index contributed by atoms with van der Waals surface area (Å²) < 4.78 is 75.1. The third-order valence-electron chi connectivity index (χ3n) is 12.7. The maximum Gasteiger partial charge on any atom is 0.295 e. The van der Waals surface area contributed by atoms with Gasteiger partial charge in [-0.05, 0) is 23.3 Å². The third kappa shape index (κ3) is 10.5. The fourth-order valence-corrected chi connectivity index (χ4v) is 8.57. The van der Waals surface area contributed by atoms with Crippen LogP contribution >= 0.6 is 0 Å². The number of hydrogen-bond donors (Lipinski definition) is 7. The number of ether oxygens (including phenoxy) is 13. The molecule has 0 amide bonds. The summed E-state index contributed by atoms with van der Waals surface area (Å²) in [5, 5.41) is 78.5. The van der Waals surface area contributed by atoms with Gasteiger partial charge in [-0.15, -0.1) is 0 Å². The molecule has 0 aromatic carbocycles. The highest BCUT2D eigenvalue weighted by Crippen LogP contribution is 2.41. The van der Waals surface area contributed by atoms with Crippen LogP contribution in [0.1, 0.15) is 34.6 Å². The number of azide groups is 1. The topological polar surface area (TPSA) is 344 Å². The lowest BCUT2D eigenvalue weighted by Crippen LogP contribution is -2.66. The van der Waals surface area contributed by atoms with Gasteiger partial charge < -0.3 is 97.3 Å². The summed E-state index contributed by atoms with van der Waals surface area (Å²) >= 11 is 0. The molecule has 5 saturated heterocycles. The molecule has 25 nitrogen and oxygen atoms in total. The largest absolute Gasteiger partial charge is 0.435 e. The second kappa shape index (κ2) is 22.6. The van der Waals surface area contributed by atoms with Crippen molar-refractivity contribution in [2.75, 3.05) is 34.0 Å². The summed E-state index contributed by atoms with van der Waals surface area (Å²) in [6.07, 6.45) is -26.3. The van der Waals surface area contributed by atoms with Crippen LogP contribution in [0.2, 0.25) is 0 Å². The van der Waals surface area contributed by atoms with Crippen LogP contribution in [0.4, 0.5) is 0 Å². The Morgan fingerprint density at radius 2 is 0.968 bits per heavy atom. The first-order valence-electron chi connectivity index (χ1n) is 20.4. The van der Waals surface area contributed by atoms with Gasteiger partial charge in [0.1, 0.15) is 61.0 Å². The maximum absolute atomic E-state index is 11.7. The van der Waals surface area contributed by atoms with Crippen LogP contribution in [0.3, 0.4) is 0 Å². The summed E-state index contributed by atoms with van der Waals surface area (Å²) in [5.41, 5.74) is 9.29. The molecule has 5 rings (SSSR count). The Bertz CT molecular complexity index is 1470. The van der Waals surface area contributed by atoms with E-state index in [1.807, 2.05) is 13.8 Å². The third-order valence-corrected chi connectivity index (χ3v) is 12.7. The Kier molecular flexibility index (Phi) is 18.4. The molecule has 0 radical (unpaired) electrons. The van der Waals surface area contributed by atoms with Crippen LogP contribution < -0.4 is 0 Å². The normalized spacial score (nSPS) is 48.7. The second-order valence-electron chi connectivity index (χ2n) is 16.2. The maximum atomic E-state index is 11.7. The van der Waals surface area contributed by atoms with Gasteiger partial charge in [0.25, 0.3) is 12.9 Å². The summed E-state index contributed by atoms with van der Waals surface area (Å²) in [7, 11) is 2.54. The quantitative estimate of drug-likeness (QED) is 0.0320. The van der Waals surface area contributed by atoms with E-state index >= 15 is 0 Å². The molecule has 25 heteroatoms. The highest BCUT2D eigenvalue weighted by molar-refractivity contribution is 5.37. The zero-order valence-electron chi connectivity index (χ0n) is 35.3. The Morgan fingerprint density at radius 3 is 1.47 bits per heavy atom. The van der Waals surface area contributed by atoms with Crippen molar-refractivity contribution in [3.05, 3.63) is 10.4 Å². The molecule has 0 saturated carbocycles. The lowest BCUT2D eigenvalue weighted by atomic mass is 9.82. The minimum absolute atomic E-state index is 0.0490. The number of aliphatic hydroxyl groups is 7. The van der Waals surface area contributed by atoms with Crippen molar-refractivity contribution in [3.8, 4) is 0 Å². The van der Waals surface area contributed by atoms with E-state index in [0.29, 0.717) is 0 Å². The van der Waals surface area contributed by atoms with Crippen molar-refractivity contribution >= 4 is 12.9 Å². The lowest BCUT2D eigenvalue weighted by Gasteiger charge is -2.50. The van der Waals surface area contributed by atoms with E-state index < -0.39 is 154 Å². The van der Waals surface area contributed by atoms with Gasteiger partial charge in [-0.1, -0.05) is 39.7 Å². The number of nitrogens with zero attached hydrogens (tertiary/aromatic N) is 3. The molecular formula is C37H61N3O22. The van der Waals surface area contributed by atoms with Gasteiger partial charge in [-0.25, -0.2) is 0 Å². The van der Waals surface area contributed by atoms with Crippen LogP contribution in [0.15, 0.2) is 5.11 Å². The van der Waals surface area contributed by atoms with Crippen molar-refractivity contribution < 1.29 is 107 Å². The molecule has 0 aromatic rings. The molecule has 5 heterocycles. The van der Waals surface area contributed by atoms with Crippen LogP contribution in [0.25, 0.3) is 10.4 Å². The summed E-state index contributed by atoms with van der Waals surface area (Å²) in [6.45, 7) is 7.16. The minimum atomic E-state index is -1.89. The SMILES string of the molecule is COC1C(C)[C@@H](O[C@H]2C(CO)O[C@@H](OC)C(O)[C@H]2O)O[C@@H](OC=O)[C@H]1O[C@H]1O[C@H](CO)[C@@H](O[C@@H]2OC(OC=O)[C@H](O[C@@H]3OC(CO)[C@H](C)[C@H](C)C3N=[N+]=[N-])[C@H](C)C2C)C(O)C1O. The van der Waals surface area contributed by atoms with Crippen molar-refractivity contribution in [3.63, 3.8) is 0 Å². The summed E-state index contributed by atoms with van der Waals surface area (Å²) in [5.74, 6) is -2.45. The van der Waals surface area contributed by atoms with Gasteiger partial charge in [0, 0.05) is 31.0 Å². The Labute approximate surface area is 356 Å². The molecule has 0 aliphatic carbocycles. The van der Waals surface area contributed by atoms with Crippen LogP contribution in [-0.2, 0) is 71.2 Å². The van der Waals surface area contributed by atoms with Crippen molar-refractivity contribution in [2.24, 2.45) is 34.7 Å². The van der Waals surface area contributed by atoms with E-state index in [4.69, 9.17) is 61.6 Å². The highest BCUT2D eigenvalue weighted by atomic mass is 16.8. The van der Waals surface area contributed by atoms with Crippen LogP contribution in [-0.4, -0.2) is 206 Å². The molecule has 0 spiro atoms. The van der Waals surface area contributed by atoms with E-state index in [-0.39, 0.29) is 31.4 Å². The number of carbonyl (C=O) groups excluding carboxylic acids is 2. The van der Waals surface area contributed by atoms with E-state index in [2.05, 4.69) is 10.0 Å². The van der Waals surface area contributed by atoms with E-state index in [9.17, 15) is 50.9 Å². The predicted octanol–water partition coefficient (Wildman–Crippen LogP) is -2.65. The molecule has 0 aromatic heterocycles. The first kappa shape index (κ1) is 50.5. The van der Waals surface area contributed by atoms with Gasteiger partial charge in [0.2, 0.25) is 12.6 Å². The average molecular weight is 900 g/mol. The molecule has 62 heavy (non-hydrogen) atoms. The Morgan fingerprint density at radius 1 is 0.500 bits per heavy atom. The monoisotopic (exact) mass is 899 g/mol. The smallest absolute Gasteiger partial charge is 0.295 e. The fraction of sp³-hybridized carbons (Fsp3) is 0.946. The summed E-state index contributed by atoms with van der Waals surface area (Å²) in [6, 6.07) is -0.815. The molecular weight excluding hydrogens is 838 g/mol. The van der Waals surface area contributed by atoms with Gasteiger partial charge in [0.15, 0.2) is 31.5 Å². The van der Waals surface area contributed by atoms with Crippen molar-refractivity contribution in [2.45, 2.75) is 158 Å². The second-order valence-corrected chi connectivity index (χ2v) is 16.2. The first-order chi connectivity index (χ1) is 29.6. The molecule has 5 fully saturated rings. The molecule has 5 aliphatic heterocycles. The fourth-order valence-electron chi connectivity index (χ4n) is 8.57. The van der Waals surface area contributed by atoms with Gasteiger partial charge in [-0.3, -0.25) is 9.59 Å². The van der Waals surface area contributed by atoms with E-state index in [1.54, 1.807) is 20.8 Å². The van der Waals surface area contributed by atoms with Crippen molar-refractivity contribution in [1.82, 2.24) is 0 Å². The Hall–Kier alpha value is -2.47. The molecule has 25 atom stereocenters. The Balaban J connectivity index is 1.28. The summed E-state index contributed by atoms with van der Waals surface area (Å²) in [4.78, 5) is 26.3. The zero-order chi connectivity index (χ0) is 45.6. The highest BCUT2D eigenvalue weighted by Gasteiger charge is 2.56. The van der Waals surface area contributed by atoms with E-state index in [0.717, 1.165) is 0 Å². The standard InChI is InChI=1S/C37H61N3O22/c1-13-14(2)21(39-40-38)33(54-18(13)8-41)57-27-15(3)16(4)31(61-36(27)52-11-44)58-29-20(10-43)56-35(25(49)23(29)47)60-30-26(50-6)17(5)32(62-37(30)53-12-45)59-28-19(9-42)55-34(51-7)24(48)22(28)46/h11-37,41-43,46-49H,8-10H2,1-7H3/t13-,14+,15-,16?,17?,18?,19?,20-,21?,22-,23?,24?,25?,26?,27-,28+,29-,30+,31-,32+,33+,34-,35-,36?,37-/m1/s1. The van der Waals surface area contributed by atoms with Gasteiger partial charge in [-0.2, -0.15) is 0 Å². The molecule has 5 aliphatic rings. The van der Waals surface area contributed by atoms with E-state index in [1.165, 1.54) is 14.2 Å². The minimum Gasteiger partial charge on any atom is -0.435 e. The van der Waals surface area contributed by atoms with Gasteiger partial charge in [0.05, 0.1) is 38.1 Å². The van der Waals surface area contributed by atoms with Crippen LogP contribution in [0, 0.1) is 29.6 Å². The van der Waals surface area contributed by atoms with Crippen LogP contribution in [0.5, 0.6) is 0 Å². The average Bonchev–Trinajstić information content (AvgIpc) is 3.26. The number of aliphatic hydroxyl groups excluding tert-OH is 7. The molecule has 0 bridgehead atoms. The predicted molar refractivity (Wildman–Crippen MR) is 199 cm³/mol. The first-order valence-corrected chi connectivity index (χ1v) is 20.4. The molecule has 7 N–H and O–H groups in total. The lowest BCUT2D eigenvalue weighted by molar-refractivity contribution is -0.403. The van der Waals surface area contributed by atoms with Gasteiger partial charge >= 0.3 is 0 Å². The molecule has 10 unspecified atom stereocenters. The van der Waals surface area contributed by atoms with Crippen molar-refractivity contribution in [1.29, 1.82) is 0 Å². The zero-order valence-corrected chi connectivity index (χ0v) is 35.3. The number of hydrogen-bond acceptors (Lipinski definition) is 23. The number of methoxy groups -OCH3 is 2. The number of carbonyl (C=O) groups is 2. The number of rotatable bonds is 18. The molecule has 356 valence electrons.